The third-order valence-corrected chi connectivity index (χ3v) is 5.78. The van der Waals surface area contributed by atoms with Crippen molar-refractivity contribution in [2.24, 2.45) is 5.92 Å². The van der Waals surface area contributed by atoms with Crippen molar-refractivity contribution in [1.29, 1.82) is 0 Å². The summed E-state index contributed by atoms with van der Waals surface area (Å²) in [5.41, 5.74) is -3.17. The number of rotatable bonds is 0. The van der Waals surface area contributed by atoms with Crippen LogP contribution in [0.1, 0.15) is 27.2 Å². The lowest BCUT2D eigenvalue weighted by Crippen LogP contribution is -2.53. The summed E-state index contributed by atoms with van der Waals surface area (Å²) < 4.78 is 16.3. The summed E-state index contributed by atoms with van der Waals surface area (Å²) in [6.07, 6.45) is 0.490. The lowest BCUT2D eigenvalue weighted by Gasteiger charge is -2.31. The monoisotopic (exact) mass is 367 g/mol. The first-order chi connectivity index (χ1) is 12.1. The molecule has 5 unspecified atom stereocenters. The Morgan fingerprint density at radius 1 is 1.23 bits per heavy atom. The van der Waals surface area contributed by atoms with Gasteiger partial charge in [-0.1, -0.05) is 13.0 Å². The van der Waals surface area contributed by atoms with E-state index in [0.29, 0.717) is 19.5 Å². The van der Waals surface area contributed by atoms with Gasteiger partial charge in [0.1, 0.15) is 6.61 Å². The number of carbonyl (C=O) groups excluding carboxylic acids is 3. The molecule has 1 N–H and O–H groups in total. The lowest BCUT2D eigenvalue weighted by molar-refractivity contribution is -0.176. The molecule has 2 bridgehead atoms. The van der Waals surface area contributed by atoms with E-state index in [9.17, 15) is 19.5 Å². The molecule has 26 heavy (non-hydrogen) atoms. The van der Waals surface area contributed by atoms with E-state index in [2.05, 4.69) is 0 Å². The Morgan fingerprint density at radius 2 is 1.88 bits per heavy atom. The molecule has 0 aromatic rings. The normalized spacial score (nSPS) is 42.1. The third kappa shape index (κ3) is 2.95. The molecule has 8 heteroatoms. The number of esters is 2. The van der Waals surface area contributed by atoms with Crippen LogP contribution >= 0.6 is 0 Å². The standard InChI is InChI=1S/C18H25NO7/c1-10-17(3,23)15(21)24-9-12-5-7-19(4)8-6-13(14(12)20)25-16(22)18(10)11(2)26-18/h5,10-11,13,23H,6-9H2,1-4H3. The van der Waals surface area contributed by atoms with Gasteiger partial charge >= 0.3 is 11.9 Å². The summed E-state index contributed by atoms with van der Waals surface area (Å²) >= 11 is 0. The molecule has 2 fully saturated rings. The Morgan fingerprint density at radius 3 is 2.50 bits per heavy atom. The van der Waals surface area contributed by atoms with Crippen LogP contribution in [-0.4, -0.2) is 77.9 Å². The summed E-state index contributed by atoms with van der Waals surface area (Å²) in [5.74, 6) is -2.91. The number of hydrogen-bond acceptors (Lipinski definition) is 8. The second-order valence-corrected chi connectivity index (χ2v) is 7.54. The number of cyclic esters (lactones) is 1. The number of Topliss-reactive ketones (excluding diaryl/α,β-unsaturated/α-hetero) is 1. The van der Waals surface area contributed by atoms with Gasteiger partial charge in [-0.2, -0.15) is 0 Å². The molecule has 0 aliphatic carbocycles. The average Bonchev–Trinajstić information content (AvgIpc) is 3.27. The number of ketones is 1. The van der Waals surface area contributed by atoms with Crippen LogP contribution in [0, 0.1) is 5.92 Å². The van der Waals surface area contributed by atoms with Crippen molar-refractivity contribution in [2.75, 3.05) is 26.7 Å². The van der Waals surface area contributed by atoms with Gasteiger partial charge in [0, 0.05) is 31.0 Å². The third-order valence-electron chi connectivity index (χ3n) is 5.78. The molecule has 0 amide bonds. The molecule has 0 radical (unpaired) electrons. The molecule has 144 valence electrons. The van der Waals surface area contributed by atoms with E-state index >= 15 is 0 Å². The van der Waals surface area contributed by atoms with E-state index in [4.69, 9.17) is 14.2 Å². The first-order valence-corrected chi connectivity index (χ1v) is 8.81. The molecule has 8 nitrogen and oxygen atoms in total. The SMILES string of the molecule is CC1OC12C(=O)OC1CCN(C)CC=C(COC(=O)C(C)(O)C2C)C1=O. The quantitative estimate of drug-likeness (QED) is 0.465. The van der Waals surface area contributed by atoms with Gasteiger partial charge in [-0.15, -0.1) is 0 Å². The predicted molar refractivity (Wildman–Crippen MR) is 89.1 cm³/mol. The Balaban J connectivity index is 2.02. The molecule has 5 atom stereocenters. The maximum atomic E-state index is 12.9. The number of aliphatic hydroxyl groups is 1. The van der Waals surface area contributed by atoms with Gasteiger partial charge in [-0.25, -0.2) is 9.59 Å². The van der Waals surface area contributed by atoms with E-state index in [0.717, 1.165) is 0 Å². The molecule has 0 saturated carbocycles. The van der Waals surface area contributed by atoms with Gasteiger partial charge in [-0.3, -0.25) is 4.79 Å². The van der Waals surface area contributed by atoms with Gasteiger partial charge in [0.25, 0.3) is 0 Å². The highest BCUT2D eigenvalue weighted by Crippen LogP contribution is 2.48. The maximum absolute atomic E-state index is 12.9. The van der Waals surface area contributed by atoms with Gasteiger partial charge in [0.15, 0.2) is 17.3 Å². The van der Waals surface area contributed by atoms with Crippen LogP contribution in [0.15, 0.2) is 11.6 Å². The summed E-state index contributed by atoms with van der Waals surface area (Å²) in [7, 11) is 1.88. The molecule has 3 rings (SSSR count). The number of epoxide rings is 1. The molecular weight excluding hydrogens is 342 g/mol. The van der Waals surface area contributed by atoms with E-state index in [1.165, 1.54) is 6.92 Å². The topological polar surface area (TPSA) is 106 Å². The maximum Gasteiger partial charge on any atom is 0.342 e. The van der Waals surface area contributed by atoms with Crippen molar-refractivity contribution < 1.29 is 33.7 Å². The van der Waals surface area contributed by atoms with Crippen molar-refractivity contribution in [2.45, 2.75) is 50.6 Å². The first-order valence-electron chi connectivity index (χ1n) is 8.81. The van der Waals surface area contributed by atoms with E-state index in [1.807, 2.05) is 11.9 Å². The number of hydrogen-bond donors (Lipinski definition) is 1. The fraction of sp³-hybridized carbons (Fsp3) is 0.722. The minimum atomic E-state index is -1.96. The molecule has 3 aliphatic heterocycles. The van der Waals surface area contributed by atoms with Crippen LogP contribution < -0.4 is 0 Å². The minimum Gasteiger partial charge on any atom is -0.459 e. The molecular formula is C18H25NO7. The number of ether oxygens (including phenoxy) is 3. The molecule has 1 spiro atoms. The van der Waals surface area contributed by atoms with Crippen molar-refractivity contribution in [3.8, 4) is 0 Å². The number of carbonyl (C=O) groups is 3. The van der Waals surface area contributed by atoms with Gasteiger partial charge < -0.3 is 24.2 Å². The van der Waals surface area contributed by atoms with Crippen LogP contribution in [0.5, 0.6) is 0 Å². The van der Waals surface area contributed by atoms with Crippen LogP contribution in [0.4, 0.5) is 0 Å². The second-order valence-electron chi connectivity index (χ2n) is 7.54. The Kier molecular flexibility index (Phi) is 4.71. The van der Waals surface area contributed by atoms with Crippen molar-refractivity contribution in [3.05, 3.63) is 11.6 Å². The smallest absolute Gasteiger partial charge is 0.342 e. The molecule has 0 aromatic carbocycles. The van der Waals surface area contributed by atoms with Gasteiger partial charge in [-0.05, 0) is 20.9 Å². The predicted octanol–water partition coefficient (Wildman–Crippen LogP) is -0.169. The van der Waals surface area contributed by atoms with Crippen LogP contribution in [-0.2, 0) is 28.6 Å². The molecule has 3 aliphatic rings. The summed E-state index contributed by atoms with van der Waals surface area (Å²) in [4.78, 5) is 40.1. The number of likely N-dealkylation sites (N-methyl/N-ethyl adjacent to an activating group) is 1. The largest absolute Gasteiger partial charge is 0.459 e. The number of fused-ring (bicyclic) bond motifs is 2. The van der Waals surface area contributed by atoms with Crippen LogP contribution in [0.25, 0.3) is 0 Å². The molecule has 3 heterocycles. The summed E-state index contributed by atoms with van der Waals surface area (Å²) in [5, 5.41) is 10.7. The average molecular weight is 367 g/mol. The van der Waals surface area contributed by atoms with Gasteiger partial charge in [0.2, 0.25) is 5.78 Å². The Labute approximate surface area is 152 Å². The fourth-order valence-corrected chi connectivity index (χ4v) is 3.58. The van der Waals surface area contributed by atoms with Crippen molar-refractivity contribution in [3.63, 3.8) is 0 Å². The highest BCUT2D eigenvalue weighted by molar-refractivity contribution is 6.01. The Bertz CT molecular complexity index is 670. The van der Waals surface area contributed by atoms with Crippen LogP contribution in [0.2, 0.25) is 0 Å². The van der Waals surface area contributed by atoms with Gasteiger partial charge in [0.05, 0.1) is 6.10 Å². The second kappa shape index (κ2) is 6.44. The zero-order valence-corrected chi connectivity index (χ0v) is 15.5. The highest BCUT2D eigenvalue weighted by atomic mass is 16.7. The van der Waals surface area contributed by atoms with Crippen molar-refractivity contribution >= 4 is 17.7 Å². The fourth-order valence-electron chi connectivity index (χ4n) is 3.58. The first kappa shape index (κ1) is 19.0. The molecule has 2 saturated heterocycles. The van der Waals surface area contributed by atoms with E-state index in [-0.39, 0.29) is 18.0 Å². The summed E-state index contributed by atoms with van der Waals surface area (Å²) in [6.45, 7) is 5.31. The summed E-state index contributed by atoms with van der Waals surface area (Å²) in [6, 6.07) is 0. The highest BCUT2D eigenvalue weighted by Gasteiger charge is 2.70. The van der Waals surface area contributed by atoms with E-state index in [1.54, 1.807) is 19.9 Å². The minimum absolute atomic E-state index is 0.256. The van der Waals surface area contributed by atoms with Crippen LogP contribution in [0.3, 0.4) is 0 Å². The zero-order valence-electron chi connectivity index (χ0n) is 15.5. The lowest BCUT2D eigenvalue weighted by atomic mass is 9.78. The Hall–Kier alpha value is -1.77. The molecule has 0 aromatic heterocycles. The zero-order chi connectivity index (χ0) is 19.3. The van der Waals surface area contributed by atoms with E-state index < -0.39 is 41.3 Å². The number of nitrogens with zero attached hydrogens (tertiary/aromatic N) is 1. The van der Waals surface area contributed by atoms with Crippen molar-refractivity contribution in [1.82, 2.24) is 4.90 Å².